The van der Waals surface area contributed by atoms with Crippen molar-refractivity contribution in [3.05, 3.63) is 40.7 Å². The molecule has 0 aliphatic carbocycles. The van der Waals surface area contributed by atoms with E-state index in [9.17, 15) is 9.59 Å². The van der Waals surface area contributed by atoms with E-state index in [1.807, 2.05) is 24.3 Å². The quantitative estimate of drug-likeness (QED) is 0.615. The number of aryl methyl sites for hydroxylation is 1. The molecule has 0 aliphatic rings. The van der Waals surface area contributed by atoms with Crippen molar-refractivity contribution in [1.82, 2.24) is 14.8 Å². The largest absolute Gasteiger partial charge is 0.493 e. The van der Waals surface area contributed by atoms with Crippen LogP contribution in [0.4, 0.5) is 0 Å². The Kier molecular flexibility index (Phi) is 8.33. The summed E-state index contributed by atoms with van der Waals surface area (Å²) in [5, 5.41) is 3.86. The Morgan fingerprint density at radius 2 is 1.93 bits per heavy atom. The summed E-state index contributed by atoms with van der Waals surface area (Å²) in [7, 11) is 1.75. The molecule has 0 fully saturated rings. The van der Waals surface area contributed by atoms with Crippen LogP contribution in [-0.2, 0) is 11.8 Å². The van der Waals surface area contributed by atoms with Gasteiger partial charge < -0.3 is 19.5 Å². The Bertz CT molecular complexity index is 797. The monoisotopic (exact) mass is 373 g/mol. The number of fused-ring (bicyclic) bond motifs is 1. The molecule has 0 atom stereocenters. The van der Waals surface area contributed by atoms with Gasteiger partial charge in [0, 0.05) is 31.5 Å². The molecule has 0 aliphatic heterocycles. The molecule has 6 nitrogen and oxygen atoms in total. The van der Waals surface area contributed by atoms with Crippen LogP contribution in [0.2, 0.25) is 0 Å². The van der Waals surface area contributed by atoms with E-state index in [-0.39, 0.29) is 11.5 Å². The van der Waals surface area contributed by atoms with Crippen LogP contribution in [-0.4, -0.2) is 48.2 Å². The minimum absolute atomic E-state index is 0.0481. The first kappa shape index (κ1) is 21.0. The van der Waals surface area contributed by atoms with Crippen molar-refractivity contribution in [3.63, 3.8) is 0 Å². The molecule has 2 aromatic rings. The van der Waals surface area contributed by atoms with Crippen molar-refractivity contribution >= 4 is 16.8 Å². The van der Waals surface area contributed by atoms with Gasteiger partial charge in [0.2, 0.25) is 5.91 Å². The lowest BCUT2D eigenvalue weighted by Gasteiger charge is -2.17. The van der Waals surface area contributed by atoms with E-state index >= 15 is 0 Å². The van der Waals surface area contributed by atoms with Crippen molar-refractivity contribution in [3.8, 4) is 5.75 Å². The summed E-state index contributed by atoms with van der Waals surface area (Å²) in [5.41, 5.74) is 0.737. The average molecular weight is 373 g/mol. The van der Waals surface area contributed by atoms with Gasteiger partial charge in [-0.25, -0.2) is 0 Å². The molecule has 1 aromatic carbocycles. The Hall–Kier alpha value is -2.34. The van der Waals surface area contributed by atoms with Crippen molar-refractivity contribution in [2.45, 2.75) is 33.1 Å². The molecule has 1 heterocycles. The molecule has 1 amide bonds. The van der Waals surface area contributed by atoms with E-state index in [0.717, 1.165) is 37.0 Å². The molecule has 0 bridgehead atoms. The number of para-hydroxylation sites is 1. The van der Waals surface area contributed by atoms with E-state index < -0.39 is 0 Å². The second-order valence-electron chi connectivity index (χ2n) is 6.61. The van der Waals surface area contributed by atoms with E-state index in [2.05, 4.69) is 24.1 Å². The topological polar surface area (TPSA) is 63.6 Å². The molecule has 0 saturated heterocycles. The van der Waals surface area contributed by atoms with Crippen LogP contribution in [0.5, 0.6) is 5.75 Å². The fourth-order valence-corrected chi connectivity index (χ4v) is 3.07. The molecule has 2 rings (SSSR count). The first-order valence-corrected chi connectivity index (χ1v) is 9.77. The molecular weight excluding hydrogens is 342 g/mol. The van der Waals surface area contributed by atoms with Gasteiger partial charge in [0.1, 0.15) is 5.75 Å². The lowest BCUT2D eigenvalue weighted by atomic mass is 10.2. The Morgan fingerprint density at radius 3 is 2.67 bits per heavy atom. The molecule has 0 radical (unpaired) electrons. The van der Waals surface area contributed by atoms with Gasteiger partial charge in [-0.15, -0.1) is 0 Å². The number of nitrogens with zero attached hydrogens (tertiary/aromatic N) is 2. The predicted molar refractivity (Wildman–Crippen MR) is 109 cm³/mol. The van der Waals surface area contributed by atoms with Crippen LogP contribution in [0.15, 0.2) is 35.1 Å². The smallest absolute Gasteiger partial charge is 0.254 e. The number of amides is 1. The Labute approximate surface area is 161 Å². The first-order chi connectivity index (χ1) is 13.1. The normalized spacial score (nSPS) is 11.1. The zero-order valence-electron chi connectivity index (χ0n) is 16.7. The minimum Gasteiger partial charge on any atom is -0.493 e. The number of carbonyl (C=O) groups excluding carboxylic acids is 1. The van der Waals surface area contributed by atoms with Gasteiger partial charge >= 0.3 is 0 Å². The number of aromatic nitrogens is 1. The summed E-state index contributed by atoms with van der Waals surface area (Å²) in [6.45, 7) is 8.49. The van der Waals surface area contributed by atoms with Crippen LogP contribution >= 0.6 is 0 Å². The van der Waals surface area contributed by atoms with Gasteiger partial charge in [0.25, 0.3) is 5.56 Å². The SMILES string of the molecule is CCN(CC)CCCNC(=O)CCCOc1cc(=O)n(C)c2ccccc12. The number of hydrogen-bond acceptors (Lipinski definition) is 4. The Balaban J connectivity index is 1.74. The third kappa shape index (κ3) is 6.10. The van der Waals surface area contributed by atoms with Gasteiger partial charge in [-0.1, -0.05) is 26.0 Å². The van der Waals surface area contributed by atoms with Crippen LogP contribution in [0.3, 0.4) is 0 Å². The predicted octanol–water partition coefficient (Wildman–Crippen LogP) is 2.55. The van der Waals surface area contributed by atoms with Crippen molar-refractivity contribution < 1.29 is 9.53 Å². The second-order valence-corrected chi connectivity index (χ2v) is 6.61. The number of benzene rings is 1. The Morgan fingerprint density at radius 1 is 1.19 bits per heavy atom. The van der Waals surface area contributed by atoms with Gasteiger partial charge in [-0.3, -0.25) is 9.59 Å². The number of nitrogens with one attached hydrogen (secondary N) is 1. The zero-order chi connectivity index (χ0) is 19.6. The van der Waals surface area contributed by atoms with E-state index in [1.54, 1.807) is 11.6 Å². The summed E-state index contributed by atoms with van der Waals surface area (Å²) < 4.78 is 7.40. The van der Waals surface area contributed by atoms with Gasteiger partial charge in [-0.2, -0.15) is 0 Å². The zero-order valence-corrected chi connectivity index (χ0v) is 16.7. The molecule has 0 unspecified atom stereocenters. The standard InChI is InChI=1S/C21H31N3O3/c1-4-24(5-2)14-9-13-22-20(25)12-8-15-27-19-16-21(26)23(3)18-11-7-6-10-17(18)19/h6-7,10-11,16H,4-5,8-9,12-15H2,1-3H3,(H,22,25). The number of hydrogen-bond donors (Lipinski definition) is 1. The number of rotatable bonds is 11. The lowest BCUT2D eigenvalue weighted by molar-refractivity contribution is -0.121. The number of carbonyl (C=O) groups is 1. The molecular formula is C21H31N3O3. The maximum atomic E-state index is 12.0. The lowest BCUT2D eigenvalue weighted by Crippen LogP contribution is -2.29. The first-order valence-electron chi connectivity index (χ1n) is 9.77. The highest BCUT2D eigenvalue weighted by Gasteiger charge is 2.08. The van der Waals surface area contributed by atoms with Crippen LogP contribution in [0, 0.1) is 0 Å². The van der Waals surface area contributed by atoms with Crippen molar-refractivity contribution in [2.75, 3.05) is 32.8 Å². The third-order valence-corrected chi connectivity index (χ3v) is 4.79. The van der Waals surface area contributed by atoms with Crippen LogP contribution in [0.1, 0.15) is 33.1 Å². The summed E-state index contributed by atoms with van der Waals surface area (Å²) in [6.07, 6.45) is 2.00. The fourth-order valence-electron chi connectivity index (χ4n) is 3.07. The maximum Gasteiger partial charge on any atom is 0.254 e. The molecule has 0 spiro atoms. The van der Waals surface area contributed by atoms with E-state index in [1.165, 1.54) is 6.07 Å². The highest BCUT2D eigenvalue weighted by Crippen LogP contribution is 2.23. The summed E-state index contributed by atoms with van der Waals surface area (Å²) in [5.74, 6) is 0.625. The molecule has 0 saturated carbocycles. The molecule has 6 heteroatoms. The minimum atomic E-state index is -0.102. The molecule has 148 valence electrons. The van der Waals surface area contributed by atoms with Crippen molar-refractivity contribution in [1.29, 1.82) is 0 Å². The van der Waals surface area contributed by atoms with Crippen molar-refractivity contribution in [2.24, 2.45) is 7.05 Å². The summed E-state index contributed by atoms with van der Waals surface area (Å²) in [4.78, 5) is 26.3. The molecule has 27 heavy (non-hydrogen) atoms. The van der Waals surface area contributed by atoms with Crippen LogP contribution in [0.25, 0.3) is 10.9 Å². The highest BCUT2D eigenvalue weighted by molar-refractivity contribution is 5.85. The average Bonchev–Trinajstić information content (AvgIpc) is 2.69. The third-order valence-electron chi connectivity index (χ3n) is 4.79. The van der Waals surface area contributed by atoms with E-state index in [0.29, 0.717) is 31.7 Å². The summed E-state index contributed by atoms with van der Waals surface area (Å²) in [6, 6.07) is 9.17. The molecule has 1 aromatic heterocycles. The second kappa shape index (κ2) is 10.7. The van der Waals surface area contributed by atoms with E-state index in [4.69, 9.17) is 4.74 Å². The van der Waals surface area contributed by atoms with Gasteiger partial charge in [0.05, 0.1) is 12.1 Å². The fraction of sp³-hybridized carbons (Fsp3) is 0.524. The van der Waals surface area contributed by atoms with Gasteiger partial charge in [0.15, 0.2) is 0 Å². The number of pyridine rings is 1. The summed E-state index contributed by atoms with van der Waals surface area (Å²) >= 11 is 0. The number of ether oxygens (including phenoxy) is 1. The van der Waals surface area contributed by atoms with Crippen LogP contribution < -0.4 is 15.6 Å². The molecule has 1 N–H and O–H groups in total. The highest BCUT2D eigenvalue weighted by atomic mass is 16.5. The maximum absolute atomic E-state index is 12.0. The van der Waals surface area contributed by atoms with Gasteiger partial charge in [-0.05, 0) is 44.6 Å².